The highest BCUT2D eigenvalue weighted by Crippen LogP contribution is 2.17. The lowest BCUT2D eigenvalue weighted by molar-refractivity contribution is -0.143. The Balaban J connectivity index is 2.05. The molecule has 0 spiro atoms. The fourth-order valence-electron chi connectivity index (χ4n) is 4.34. The molecule has 0 aliphatic rings. The highest BCUT2D eigenvalue weighted by atomic mass is 16.4. The fraction of sp³-hybridized carbons (Fsp3) is 0.484. The minimum Gasteiger partial charge on any atom is -0.480 e. The van der Waals surface area contributed by atoms with E-state index in [2.05, 4.69) is 16.0 Å². The zero-order valence-electron chi connectivity index (χ0n) is 23.6. The van der Waals surface area contributed by atoms with Gasteiger partial charge >= 0.3 is 5.97 Å². The number of nitrogens with one attached hydrogen (secondary N) is 3. The van der Waals surface area contributed by atoms with Gasteiger partial charge in [-0.1, -0.05) is 81.4 Å². The molecule has 0 fully saturated rings. The molecular weight excluding hydrogens is 510 g/mol. The average molecular weight is 554 g/mol. The molecule has 0 aliphatic heterocycles. The van der Waals surface area contributed by atoms with Crippen LogP contribution in [0.3, 0.4) is 0 Å². The van der Waals surface area contributed by atoms with E-state index in [-0.39, 0.29) is 24.7 Å². The van der Waals surface area contributed by atoms with Crippen LogP contribution in [0.2, 0.25) is 0 Å². The molecule has 2 aromatic rings. The monoisotopic (exact) mass is 553 g/mol. The van der Waals surface area contributed by atoms with Crippen LogP contribution < -0.4 is 16.0 Å². The van der Waals surface area contributed by atoms with Gasteiger partial charge in [-0.2, -0.15) is 0 Å². The molecule has 0 radical (unpaired) electrons. The molecule has 3 amide bonds. The van der Waals surface area contributed by atoms with E-state index in [1.54, 1.807) is 0 Å². The van der Waals surface area contributed by atoms with Crippen molar-refractivity contribution >= 4 is 23.7 Å². The molecule has 0 saturated carbocycles. The van der Waals surface area contributed by atoms with Crippen molar-refractivity contribution in [2.75, 3.05) is 6.54 Å². The van der Waals surface area contributed by atoms with Gasteiger partial charge in [-0.15, -0.1) is 0 Å². The van der Waals surface area contributed by atoms with Gasteiger partial charge in [0.15, 0.2) is 0 Å². The van der Waals surface area contributed by atoms with Gasteiger partial charge in [0.2, 0.25) is 17.7 Å². The Bertz CT molecular complexity index is 1080. The first-order valence-corrected chi connectivity index (χ1v) is 13.9. The van der Waals surface area contributed by atoms with E-state index in [0.717, 1.165) is 11.1 Å². The number of carboxylic acid groups (broad SMARTS) is 1. The Labute approximate surface area is 236 Å². The zero-order chi connectivity index (χ0) is 29.5. The van der Waals surface area contributed by atoms with Gasteiger partial charge in [0.25, 0.3) is 0 Å². The average Bonchev–Trinajstić information content (AvgIpc) is 2.93. The lowest BCUT2D eigenvalue weighted by Crippen LogP contribution is -2.50. The second-order valence-electron chi connectivity index (χ2n) is 10.6. The standard InChI is InChI=1S/C31H43N3O6/c1-4-24(30(38)32-20-21(2)3)18-27(35)25(17-23-13-9-6-10-14-23)33-29(37)19-26(31(39)40)34-28(36)16-15-22-11-7-5-8-12-22/h5-14,21,24-27,35H,4,15-20H2,1-3H3,(H,32,38)(H,33,37)(H,34,36)(H,39,40)/t24-,25+,26+,27+/m1/s1. The van der Waals surface area contributed by atoms with Crippen LogP contribution in [0.25, 0.3) is 0 Å². The van der Waals surface area contributed by atoms with Crippen molar-refractivity contribution in [1.29, 1.82) is 0 Å². The van der Waals surface area contributed by atoms with Gasteiger partial charge in [-0.05, 0) is 42.7 Å². The third-order valence-corrected chi connectivity index (χ3v) is 6.69. The molecule has 9 nitrogen and oxygen atoms in total. The lowest BCUT2D eigenvalue weighted by atomic mass is 9.91. The highest BCUT2D eigenvalue weighted by Gasteiger charge is 2.30. The summed E-state index contributed by atoms with van der Waals surface area (Å²) in [5.74, 6) is -2.71. The zero-order valence-corrected chi connectivity index (χ0v) is 23.6. The Hall–Kier alpha value is -3.72. The van der Waals surface area contributed by atoms with Gasteiger partial charge in [0.05, 0.1) is 18.6 Å². The molecule has 0 saturated heterocycles. The van der Waals surface area contributed by atoms with Crippen LogP contribution in [0.5, 0.6) is 0 Å². The van der Waals surface area contributed by atoms with Crippen LogP contribution in [0.4, 0.5) is 0 Å². The maximum atomic E-state index is 13.0. The molecular formula is C31H43N3O6. The summed E-state index contributed by atoms with van der Waals surface area (Å²) in [6.45, 7) is 6.40. The molecule has 0 unspecified atom stereocenters. The second kappa shape index (κ2) is 17.1. The summed E-state index contributed by atoms with van der Waals surface area (Å²) in [5, 5.41) is 28.9. The third kappa shape index (κ3) is 12.0. The number of benzene rings is 2. The minimum absolute atomic E-state index is 0.0854. The summed E-state index contributed by atoms with van der Waals surface area (Å²) >= 11 is 0. The number of carbonyl (C=O) groups is 4. The van der Waals surface area contributed by atoms with E-state index in [0.29, 0.717) is 25.8 Å². The largest absolute Gasteiger partial charge is 0.480 e. The number of carboxylic acids is 1. The fourth-order valence-corrected chi connectivity index (χ4v) is 4.34. The van der Waals surface area contributed by atoms with E-state index in [4.69, 9.17) is 0 Å². The van der Waals surface area contributed by atoms with Gasteiger partial charge < -0.3 is 26.2 Å². The number of rotatable bonds is 17. The van der Waals surface area contributed by atoms with E-state index >= 15 is 0 Å². The van der Waals surface area contributed by atoms with Crippen LogP contribution in [0.1, 0.15) is 57.6 Å². The predicted octanol–water partition coefficient (Wildman–Crippen LogP) is 2.86. The molecule has 9 heteroatoms. The van der Waals surface area contributed by atoms with E-state index in [1.807, 2.05) is 81.4 Å². The van der Waals surface area contributed by atoms with E-state index in [1.165, 1.54) is 0 Å². The number of amides is 3. The normalized spacial score (nSPS) is 14.0. The maximum Gasteiger partial charge on any atom is 0.326 e. The van der Waals surface area contributed by atoms with Crippen molar-refractivity contribution in [1.82, 2.24) is 16.0 Å². The summed E-state index contributed by atoms with van der Waals surface area (Å²) in [6, 6.07) is 16.5. The maximum absolute atomic E-state index is 13.0. The number of aliphatic carboxylic acids is 1. The van der Waals surface area contributed by atoms with Crippen molar-refractivity contribution in [3.63, 3.8) is 0 Å². The topological polar surface area (TPSA) is 145 Å². The number of aliphatic hydroxyl groups excluding tert-OH is 1. The number of hydrogen-bond donors (Lipinski definition) is 5. The Morgan fingerprint density at radius 3 is 2.00 bits per heavy atom. The molecule has 0 aliphatic carbocycles. The van der Waals surface area contributed by atoms with Crippen molar-refractivity contribution in [2.24, 2.45) is 11.8 Å². The SMILES string of the molecule is CC[C@H](C[C@H](O)[C@H](Cc1ccccc1)NC(=O)C[C@H](NC(=O)CCc1ccccc1)C(=O)O)C(=O)NCC(C)C. The number of aryl methyl sites for hydroxylation is 1. The molecule has 2 rings (SSSR count). The number of hydrogen-bond acceptors (Lipinski definition) is 5. The molecule has 0 bridgehead atoms. The third-order valence-electron chi connectivity index (χ3n) is 6.69. The van der Waals surface area contributed by atoms with Gasteiger partial charge in [-0.25, -0.2) is 4.79 Å². The van der Waals surface area contributed by atoms with Crippen LogP contribution in [0.15, 0.2) is 60.7 Å². The van der Waals surface area contributed by atoms with Crippen molar-refractivity contribution in [3.05, 3.63) is 71.8 Å². The predicted molar refractivity (Wildman–Crippen MR) is 153 cm³/mol. The molecule has 218 valence electrons. The van der Waals surface area contributed by atoms with Gasteiger partial charge in [-0.3, -0.25) is 14.4 Å². The summed E-state index contributed by atoms with van der Waals surface area (Å²) in [5.41, 5.74) is 1.82. The molecule has 5 N–H and O–H groups in total. The van der Waals surface area contributed by atoms with Crippen LogP contribution >= 0.6 is 0 Å². The quantitative estimate of drug-likeness (QED) is 0.204. The lowest BCUT2D eigenvalue weighted by Gasteiger charge is -2.28. The van der Waals surface area contributed by atoms with E-state index in [9.17, 15) is 29.4 Å². The highest BCUT2D eigenvalue weighted by molar-refractivity contribution is 5.88. The Kier molecular flexibility index (Phi) is 13.9. The van der Waals surface area contributed by atoms with Gasteiger partial charge in [0.1, 0.15) is 6.04 Å². The van der Waals surface area contributed by atoms with Crippen molar-refractivity contribution in [3.8, 4) is 0 Å². The first kappa shape index (κ1) is 32.5. The molecule has 0 aromatic heterocycles. The minimum atomic E-state index is -1.41. The number of carbonyl (C=O) groups excluding carboxylic acids is 3. The summed E-state index contributed by atoms with van der Waals surface area (Å²) in [4.78, 5) is 49.9. The molecule has 4 atom stereocenters. The summed E-state index contributed by atoms with van der Waals surface area (Å²) < 4.78 is 0. The Morgan fingerprint density at radius 2 is 1.45 bits per heavy atom. The second-order valence-corrected chi connectivity index (χ2v) is 10.6. The van der Waals surface area contributed by atoms with Gasteiger partial charge in [0, 0.05) is 18.9 Å². The molecule has 40 heavy (non-hydrogen) atoms. The van der Waals surface area contributed by atoms with Crippen LogP contribution in [-0.4, -0.2) is 58.6 Å². The first-order valence-electron chi connectivity index (χ1n) is 13.9. The van der Waals surface area contributed by atoms with Crippen molar-refractivity contribution in [2.45, 2.75) is 77.5 Å². The smallest absolute Gasteiger partial charge is 0.326 e. The van der Waals surface area contributed by atoms with Crippen LogP contribution in [0, 0.1) is 11.8 Å². The van der Waals surface area contributed by atoms with Crippen molar-refractivity contribution < 1.29 is 29.4 Å². The number of aliphatic hydroxyl groups is 1. The summed E-state index contributed by atoms with van der Waals surface area (Å²) in [6.07, 6.45) is -0.0697. The molecule has 2 aromatic carbocycles. The Morgan fingerprint density at radius 1 is 0.850 bits per heavy atom. The first-order chi connectivity index (χ1) is 19.1. The molecule has 0 heterocycles. The van der Waals surface area contributed by atoms with E-state index < -0.39 is 48.3 Å². The van der Waals surface area contributed by atoms with Crippen LogP contribution in [-0.2, 0) is 32.0 Å². The summed E-state index contributed by atoms with van der Waals surface area (Å²) in [7, 11) is 0.